The summed E-state index contributed by atoms with van der Waals surface area (Å²) in [4.78, 5) is 9.29. The molecule has 0 bridgehead atoms. The summed E-state index contributed by atoms with van der Waals surface area (Å²) in [7, 11) is 0. The van der Waals surface area contributed by atoms with Gasteiger partial charge < -0.3 is 0 Å². The van der Waals surface area contributed by atoms with Crippen LogP contribution in [0.3, 0.4) is 0 Å². The molecule has 132 valence electrons. The summed E-state index contributed by atoms with van der Waals surface area (Å²) in [5.41, 5.74) is 3.26. The predicted octanol–water partition coefficient (Wildman–Crippen LogP) is 6.21. The Labute approximate surface area is 165 Å². The Hall–Kier alpha value is -2.24. The number of benzene rings is 3. The molecule has 0 saturated carbocycles. The second-order valence-electron chi connectivity index (χ2n) is 8.02. The summed E-state index contributed by atoms with van der Waals surface area (Å²) in [6.07, 6.45) is 1.70. The van der Waals surface area contributed by atoms with Gasteiger partial charge in [-0.25, -0.2) is 0 Å². The van der Waals surface area contributed by atoms with Crippen LogP contribution in [0.15, 0.2) is 67.0 Å². The quantitative estimate of drug-likeness (QED) is 0.312. The normalized spacial score (nSPS) is 12.3. The molecule has 0 aliphatic heterocycles. The second kappa shape index (κ2) is 6.14. The van der Waals surface area contributed by atoms with Gasteiger partial charge in [0.2, 0.25) is 0 Å². The molecule has 0 N–H and O–H groups in total. The van der Waals surface area contributed by atoms with Gasteiger partial charge in [-0.15, -0.1) is 0 Å². The van der Waals surface area contributed by atoms with Crippen molar-refractivity contribution < 1.29 is 0 Å². The van der Waals surface area contributed by atoms with Crippen LogP contribution < -0.4 is 4.40 Å². The number of fused-ring (bicyclic) bond motifs is 4. The summed E-state index contributed by atoms with van der Waals surface area (Å²) >= 11 is -0.0287. The van der Waals surface area contributed by atoms with Crippen LogP contribution in [0.1, 0.15) is 0 Å². The SMILES string of the molecule is [CH3][Ge]([CH3])([CH3])[c]1ccc2c(c1)sc1c(-c3ccc4ccccc4c3)ncnc12. The van der Waals surface area contributed by atoms with Crippen molar-refractivity contribution in [3.8, 4) is 11.3 Å². The van der Waals surface area contributed by atoms with Crippen LogP contribution in [-0.4, -0.2) is 23.2 Å². The van der Waals surface area contributed by atoms with E-state index in [1.165, 1.54) is 30.0 Å². The number of rotatable bonds is 2. The topological polar surface area (TPSA) is 25.8 Å². The maximum absolute atomic E-state index is 4.66. The Morgan fingerprint density at radius 2 is 1.63 bits per heavy atom. The summed E-state index contributed by atoms with van der Waals surface area (Å²) < 4.78 is 4.04. The fraction of sp³-hybridized carbons (Fsp3) is 0.130. The van der Waals surface area contributed by atoms with Crippen LogP contribution in [0.25, 0.3) is 42.3 Å². The van der Waals surface area contributed by atoms with Crippen molar-refractivity contribution in [2.75, 3.05) is 0 Å². The Morgan fingerprint density at radius 1 is 0.815 bits per heavy atom. The number of aromatic nitrogens is 2. The van der Waals surface area contributed by atoms with E-state index < -0.39 is 13.3 Å². The van der Waals surface area contributed by atoms with Crippen molar-refractivity contribution in [1.82, 2.24) is 9.97 Å². The van der Waals surface area contributed by atoms with Gasteiger partial charge in [-0.2, -0.15) is 0 Å². The second-order valence-corrected chi connectivity index (χ2v) is 19.7. The molecule has 5 rings (SSSR count). The first kappa shape index (κ1) is 16.9. The third kappa shape index (κ3) is 2.86. The fourth-order valence-corrected chi connectivity index (χ4v) is 7.45. The van der Waals surface area contributed by atoms with Crippen LogP contribution in [0.4, 0.5) is 0 Å². The molecule has 2 nitrogen and oxygen atoms in total. The van der Waals surface area contributed by atoms with E-state index in [9.17, 15) is 0 Å². The monoisotopic (exact) mass is 430 g/mol. The molecular weight excluding hydrogens is 409 g/mol. The number of hydrogen-bond acceptors (Lipinski definition) is 3. The van der Waals surface area contributed by atoms with Gasteiger partial charge in [-0.3, -0.25) is 0 Å². The zero-order chi connectivity index (χ0) is 18.6. The van der Waals surface area contributed by atoms with Crippen LogP contribution in [0.2, 0.25) is 17.3 Å². The summed E-state index contributed by atoms with van der Waals surface area (Å²) in [5.74, 6) is 7.32. The van der Waals surface area contributed by atoms with E-state index in [2.05, 4.69) is 87.9 Å². The predicted molar refractivity (Wildman–Crippen MR) is 121 cm³/mol. The fourth-order valence-electron chi connectivity index (χ4n) is 3.58. The Morgan fingerprint density at radius 3 is 2.44 bits per heavy atom. The van der Waals surface area contributed by atoms with Crippen LogP contribution in [0.5, 0.6) is 0 Å². The van der Waals surface area contributed by atoms with Crippen molar-refractivity contribution in [1.29, 1.82) is 0 Å². The standard InChI is InChI=1S/C23H20GeN2S/c1-24(2,3)18-10-11-19-20(13-18)27-23-21(25-14-26-22(19)23)17-9-8-15-6-4-5-7-16(15)12-17/h4-14H,1-3H3. The van der Waals surface area contributed by atoms with Gasteiger partial charge in [0, 0.05) is 0 Å². The minimum absolute atomic E-state index is 1.03. The van der Waals surface area contributed by atoms with Gasteiger partial charge in [0.1, 0.15) is 0 Å². The molecular formula is C23H20GeN2S. The molecule has 0 atom stereocenters. The summed E-state index contributed by atoms with van der Waals surface area (Å²) in [5, 5.41) is 3.74. The number of hydrogen-bond donors (Lipinski definition) is 0. The summed E-state index contributed by atoms with van der Waals surface area (Å²) in [6, 6.07) is 22.0. The van der Waals surface area contributed by atoms with Crippen molar-refractivity contribution in [2.45, 2.75) is 17.3 Å². The molecule has 0 unspecified atom stereocenters. The first-order valence-electron chi connectivity index (χ1n) is 9.18. The molecule has 2 heterocycles. The van der Waals surface area contributed by atoms with Crippen LogP contribution in [0, 0.1) is 0 Å². The average Bonchev–Trinajstić information content (AvgIpc) is 3.05. The van der Waals surface area contributed by atoms with Gasteiger partial charge in [-0.1, -0.05) is 0 Å². The van der Waals surface area contributed by atoms with E-state index in [1.807, 2.05) is 11.3 Å². The van der Waals surface area contributed by atoms with E-state index in [0.717, 1.165) is 16.8 Å². The van der Waals surface area contributed by atoms with Gasteiger partial charge in [0.05, 0.1) is 0 Å². The molecule has 0 amide bonds. The van der Waals surface area contributed by atoms with E-state index in [1.54, 1.807) is 6.33 Å². The third-order valence-electron chi connectivity index (χ3n) is 5.14. The molecule has 3 aromatic carbocycles. The van der Waals surface area contributed by atoms with Crippen molar-refractivity contribution in [3.63, 3.8) is 0 Å². The van der Waals surface area contributed by atoms with Crippen molar-refractivity contribution in [3.05, 3.63) is 67.0 Å². The molecule has 27 heavy (non-hydrogen) atoms. The molecule has 0 saturated heterocycles. The number of nitrogens with zero attached hydrogens (tertiary/aromatic N) is 2. The molecule has 0 spiro atoms. The van der Waals surface area contributed by atoms with Crippen LogP contribution in [-0.2, 0) is 0 Å². The first-order valence-corrected chi connectivity index (χ1v) is 17.3. The zero-order valence-corrected chi connectivity index (χ0v) is 18.6. The molecule has 4 heteroatoms. The molecule has 0 aliphatic carbocycles. The molecule has 5 aromatic rings. The van der Waals surface area contributed by atoms with Gasteiger partial charge in [0.25, 0.3) is 0 Å². The average molecular weight is 429 g/mol. The molecule has 2 aromatic heterocycles. The Bertz CT molecular complexity index is 1310. The van der Waals surface area contributed by atoms with Crippen LogP contribution >= 0.6 is 11.3 Å². The van der Waals surface area contributed by atoms with Gasteiger partial charge in [-0.05, 0) is 0 Å². The Balaban J connectivity index is 1.76. The van der Waals surface area contributed by atoms with Gasteiger partial charge in [0.15, 0.2) is 0 Å². The third-order valence-corrected chi connectivity index (χ3v) is 10.6. The molecule has 0 fully saturated rings. The van der Waals surface area contributed by atoms with E-state index in [-0.39, 0.29) is 0 Å². The molecule has 0 aliphatic rings. The van der Waals surface area contributed by atoms with Crippen molar-refractivity contribution >= 4 is 60.1 Å². The summed E-state index contributed by atoms with van der Waals surface area (Å²) in [6.45, 7) is 0. The van der Waals surface area contributed by atoms with Crippen molar-refractivity contribution in [2.24, 2.45) is 0 Å². The van der Waals surface area contributed by atoms with E-state index >= 15 is 0 Å². The Kier molecular flexibility index (Phi) is 3.85. The van der Waals surface area contributed by atoms with Gasteiger partial charge >= 0.3 is 166 Å². The zero-order valence-electron chi connectivity index (χ0n) is 15.7. The maximum atomic E-state index is 4.66. The number of thiophene rings is 1. The molecule has 0 radical (unpaired) electrons. The first-order chi connectivity index (χ1) is 13.0. The van der Waals surface area contributed by atoms with E-state index in [0.29, 0.717) is 0 Å². The minimum atomic E-state index is -1.85. The van der Waals surface area contributed by atoms with E-state index in [4.69, 9.17) is 0 Å².